The Balaban J connectivity index is 2.43. The monoisotopic (exact) mass is 183 g/mol. The molecule has 1 aliphatic carbocycles. The highest BCUT2D eigenvalue weighted by Gasteiger charge is 2.14. The van der Waals surface area contributed by atoms with Crippen molar-refractivity contribution in [2.75, 3.05) is 0 Å². The Morgan fingerprint density at radius 2 is 2.08 bits per heavy atom. The summed E-state index contributed by atoms with van der Waals surface area (Å²) in [6.07, 6.45) is 6.10. The molecule has 0 aromatic heterocycles. The first kappa shape index (κ1) is 10.5. The molecule has 76 valence electrons. The average Bonchev–Trinajstić information content (AvgIpc) is 2.55. The molecule has 1 aliphatic rings. The van der Waals surface area contributed by atoms with Crippen molar-refractivity contribution in [2.45, 2.75) is 52.0 Å². The van der Waals surface area contributed by atoms with Gasteiger partial charge in [-0.1, -0.05) is 26.7 Å². The zero-order valence-corrected chi connectivity index (χ0v) is 8.71. The van der Waals surface area contributed by atoms with Gasteiger partial charge in [0, 0.05) is 6.42 Å². The fraction of sp³-hybridized carbons (Fsp3) is 0.900. The molecule has 0 atom stereocenters. The van der Waals surface area contributed by atoms with Crippen LogP contribution in [-0.4, -0.2) is 11.9 Å². The first-order chi connectivity index (χ1) is 6.22. The van der Waals surface area contributed by atoms with Crippen molar-refractivity contribution in [1.82, 2.24) is 5.43 Å². The van der Waals surface area contributed by atoms with Gasteiger partial charge in [-0.3, -0.25) is 4.99 Å². The number of nitrogens with one attached hydrogen (secondary N) is 1. The Morgan fingerprint density at radius 3 is 2.54 bits per heavy atom. The molecule has 0 radical (unpaired) electrons. The van der Waals surface area contributed by atoms with Crippen molar-refractivity contribution in [1.29, 1.82) is 0 Å². The smallest absolute Gasteiger partial charge is 0.111 e. The van der Waals surface area contributed by atoms with Crippen LogP contribution in [0.3, 0.4) is 0 Å². The molecule has 0 spiro atoms. The fourth-order valence-electron chi connectivity index (χ4n) is 1.79. The molecular formula is C10H21N3. The van der Waals surface area contributed by atoms with Crippen LogP contribution in [0, 0.1) is 5.92 Å². The SMILES string of the molecule is CC(C)CC(=NC1CCCC1)NN. The quantitative estimate of drug-likeness (QED) is 0.303. The highest BCUT2D eigenvalue weighted by Crippen LogP contribution is 2.21. The Hall–Kier alpha value is -0.570. The lowest BCUT2D eigenvalue weighted by molar-refractivity contribution is 0.646. The molecule has 0 unspecified atom stereocenters. The van der Waals surface area contributed by atoms with E-state index >= 15 is 0 Å². The molecule has 0 saturated heterocycles. The van der Waals surface area contributed by atoms with E-state index in [2.05, 4.69) is 24.3 Å². The third kappa shape index (κ3) is 3.77. The van der Waals surface area contributed by atoms with Crippen LogP contribution in [0.1, 0.15) is 46.0 Å². The van der Waals surface area contributed by atoms with Gasteiger partial charge in [-0.15, -0.1) is 0 Å². The summed E-state index contributed by atoms with van der Waals surface area (Å²) in [6.45, 7) is 4.36. The molecule has 0 heterocycles. The summed E-state index contributed by atoms with van der Waals surface area (Å²) in [6, 6.07) is 0.532. The lowest BCUT2D eigenvalue weighted by atomic mass is 10.1. The fourth-order valence-corrected chi connectivity index (χ4v) is 1.79. The van der Waals surface area contributed by atoms with E-state index in [4.69, 9.17) is 5.84 Å². The zero-order valence-electron chi connectivity index (χ0n) is 8.71. The van der Waals surface area contributed by atoms with E-state index in [1.807, 2.05) is 0 Å². The molecule has 1 fully saturated rings. The number of amidine groups is 1. The first-order valence-corrected chi connectivity index (χ1v) is 5.25. The van der Waals surface area contributed by atoms with Crippen LogP contribution in [-0.2, 0) is 0 Å². The summed E-state index contributed by atoms with van der Waals surface area (Å²) in [5.41, 5.74) is 2.71. The van der Waals surface area contributed by atoms with Crippen LogP contribution >= 0.6 is 0 Å². The second kappa shape index (κ2) is 5.22. The summed E-state index contributed by atoms with van der Waals surface area (Å²) in [7, 11) is 0. The summed E-state index contributed by atoms with van der Waals surface area (Å²) in [4.78, 5) is 4.61. The van der Waals surface area contributed by atoms with Crippen LogP contribution < -0.4 is 11.3 Å². The Bertz CT molecular complexity index is 169. The number of aliphatic imine (C=N–C) groups is 1. The predicted molar refractivity (Wildman–Crippen MR) is 56.5 cm³/mol. The van der Waals surface area contributed by atoms with E-state index in [1.165, 1.54) is 25.7 Å². The maximum absolute atomic E-state index is 5.42. The van der Waals surface area contributed by atoms with Crippen molar-refractivity contribution in [2.24, 2.45) is 16.8 Å². The molecule has 0 aromatic rings. The van der Waals surface area contributed by atoms with Gasteiger partial charge in [-0.2, -0.15) is 0 Å². The molecule has 0 amide bonds. The van der Waals surface area contributed by atoms with Crippen molar-refractivity contribution >= 4 is 5.84 Å². The van der Waals surface area contributed by atoms with Gasteiger partial charge in [-0.05, 0) is 18.8 Å². The van der Waals surface area contributed by atoms with E-state index in [9.17, 15) is 0 Å². The standard InChI is InChI=1S/C10H21N3/c1-8(2)7-10(13-11)12-9-5-3-4-6-9/h8-9H,3-7,11H2,1-2H3,(H,12,13). The third-order valence-electron chi connectivity index (χ3n) is 2.43. The molecule has 1 rings (SSSR count). The van der Waals surface area contributed by atoms with Gasteiger partial charge in [0.1, 0.15) is 5.84 Å². The summed E-state index contributed by atoms with van der Waals surface area (Å²) in [5.74, 6) is 7.01. The summed E-state index contributed by atoms with van der Waals surface area (Å²) in [5, 5.41) is 0. The summed E-state index contributed by atoms with van der Waals surface area (Å²) < 4.78 is 0. The van der Waals surface area contributed by atoms with E-state index in [-0.39, 0.29) is 0 Å². The van der Waals surface area contributed by atoms with E-state index in [1.54, 1.807) is 0 Å². The van der Waals surface area contributed by atoms with Gasteiger partial charge >= 0.3 is 0 Å². The maximum Gasteiger partial charge on any atom is 0.111 e. The first-order valence-electron chi connectivity index (χ1n) is 5.25. The van der Waals surface area contributed by atoms with Gasteiger partial charge in [0.05, 0.1) is 6.04 Å². The molecule has 0 aliphatic heterocycles. The molecule has 3 nitrogen and oxygen atoms in total. The lowest BCUT2D eigenvalue weighted by Crippen LogP contribution is -2.32. The minimum atomic E-state index is 0.532. The van der Waals surface area contributed by atoms with Gasteiger partial charge < -0.3 is 5.43 Å². The number of nitrogens with zero attached hydrogens (tertiary/aromatic N) is 1. The number of hydrogen-bond acceptors (Lipinski definition) is 2. The summed E-state index contributed by atoms with van der Waals surface area (Å²) >= 11 is 0. The van der Waals surface area contributed by atoms with Crippen molar-refractivity contribution in [3.8, 4) is 0 Å². The molecular weight excluding hydrogens is 162 g/mol. The van der Waals surface area contributed by atoms with Crippen LogP contribution in [0.4, 0.5) is 0 Å². The van der Waals surface area contributed by atoms with Gasteiger partial charge in [0.15, 0.2) is 0 Å². The predicted octanol–water partition coefficient (Wildman–Crippen LogP) is 1.84. The average molecular weight is 183 g/mol. The Labute approximate surface area is 80.8 Å². The van der Waals surface area contributed by atoms with Crippen molar-refractivity contribution in [3.63, 3.8) is 0 Å². The number of hydrazine groups is 1. The van der Waals surface area contributed by atoms with E-state index in [0.29, 0.717) is 12.0 Å². The minimum absolute atomic E-state index is 0.532. The maximum atomic E-state index is 5.42. The Morgan fingerprint density at radius 1 is 1.46 bits per heavy atom. The highest BCUT2D eigenvalue weighted by atomic mass is 15.3. The molecule has 1 saturated carbocycles. The zero-order chi connectivity index (χ0) is 9.68. The molecule has 0 bridgehead atoms. The largest absolute Gasteiger partial charge is 0.312 e. The van der Waals surface area contributed by atoms with Gasteiger partial charge in [0.25, 0.3) is 0 Å². The van der Waals surface area contributed by atoms with E-state index in [0.717, 1.165) is 12.3 Å². The normalized spacial score (nSPS) is 19.8. The van der Waals surface area contributed by atoms with Crippen LogP contribution in [0.5, 0.6) is 0 Å². The Kier molecular flexibility index (Phi) is 4.22. The number of nitrogens with two attached hydrogens (primary N) is 1. The molecule has 0 aromatic carbocycles. The minimum Gasteiger partial charge on any atom is -0.312 e. The van der Waals surface area contributed by atoms with Crippen molar-refractivity contribution in [3.05, 3.63) is 0 Å². The van der Waals surface area contributed by atoms with E-state index < -0.39 is 0 Å². The number of hydrogen-bond donors (Lipinski definition) is 2. The molecule has 13 heavy (non-hydrogen) atoms. The number of rotatable bonds is 3. The molecule has 3 N–H and O–H groups in total. The van der Waals surface area contributed by atoms with Crippen LogP contribution in [0.25, 0.3) is 0 Å². The topological polar surface area (TPSA) is 50.4 Å². The second-order valence-electron chi connectivity index (χ2n) is 4.26. The second-order valence-corrected chi connectivity index (χ2v) is 4.26. The van der Waals surface area contributed by atoms with Crippen molar-refractivity contribution < 1.29 is 0 Å². The molecule has 3 heteroatoms. The third-order valence-corrected chi connectivity index (χ3v) is 2.43. The highest BCUT2D eigenvalue weighted by molar-refractivity contribution is 5.81. The van der Waals surface area contributed by atoms with Crippen LogP contribution in [0.15, 0.2) is 4.99 Å². The van der Waals surface area contributed by atoms with Gasteiger partial charge in [-0.25, -0.2) is 5.84 Å². The lowest BCUT2D eigenvalue weighted by Gasteiger charge is -2.11. The van der Waals surface area contributed by atoms with Gasteiger partial charge in [0.2, 0.25) is 0 Å². The van der Waals surface area contributed by atoms with Crippen LogP contribution in [0.2, 0.25) is 0 Å².